The van der Waals surface area contributed by atoms with Crippen LogP contribution >= 0.6 is 46.3 Å². The Bertz CT molecular complexity index is 1150. The van der Waals surface area contributed by atoms with Gasteiger partial charge in [0.2, 0.25) is 0 Å². The Kier molecular flexibility index (Phi) is 5.06. The van der Waals surface area contributed by atoms with Gasteiger partial charge in [0.05, 0.1) is 17.1 Å². The molecule has 2 aliphatic rings. The van der Waals surface area contributed by atoms with E-state index < -0.39 is 4.87 Å². The van der Waals surface area contributed by atoms with Crippen molar-refractivity contribution < 1.29 is 9.59 Å². The number of thiophene rings is 1. The summed E-state index contributed by atoms with van der Waals surface area (Å²) in [6.45, 7) is 0.829. The molecule has 1 saturated heterocycles. The van der Waals surface area contributed by atoms with E-state index in [1.807, 2.05) is 47.8 Å². The highest BCUT2D eigenvalue weighted by Gasteiger charge is 2.59. The van der Waals surface area contributed by atoms with Gasteiger partial charge in [-0.1, -0.05) is 47.5 Å². The second-order valence-corrected chi connectivity index (χ2v) is 10.1. The highest BCUT2D eigenvalue weighted by Crippen LogP contribution is 2.55. The zero-order chi connectivity index (χ0) is 20.9. The third-order valence-electron chi connectivity index (χ3n) is 5.42. The maximum Gasteiger partial charge on any atom is 0.268 e. The summed E-state index contributed by atoms with van der Waals surface area (Å²) in [6, 6.07) is 16.6. The monoisotopic (exact) mass is 474 g/mol. The van der Waals surface area contributed by atoms with Crippen LogP contribution in [0.3, 0.4) is 0 Å². The minimum absolute atomic E-state index is 0.131. The lowest BCUT2D eigenvalue weighted by molar-refractivity contribution is -0.123. The first-order chi connectivity index (χ1) is 14.5. The molecule has 0 N–H and O–H groups in total. The molecule has 1 atom stereocenters. The number of hydrogen-bond donors (Lipinski definition) is 0. The van der Waals surface area contributed by atoms with Crippen LogP contribution < -0.4 is 4.90 Å². The van der Waals surface area contributed by atoms with Crippen molar-refractivity contribution in [2.75, 3.05) is 17.2 Å². The van der Waals surface area contributed by atoms with E-state index >= 15 is 0 Å². The van der Waals surface area contributed by atoms with Gasteiger partial charge in [-0.3, -0.25) is 9.59 Å². The number of halogens is 2. The van der Waals surface area contributed by atoms with E-state index in [2.05, 4.69) is 0 Å². The maximum absolute atomic E-state index is 13.9. The Morgan fingerprint density at radius 3 is 2.70 bits per heavy atom. The van der Waals surface area contributed by atoms with Gasteiger partial charge >= 0.3 is 0 Å². The fourth-order valence-electron chi connectivity index (χ4n) is 4.07. The van der Waals surface area contributed by atoms with Gasteiger partial charge in [-0.05, 0) is 41.3 Å². The predicted octanol–water partition coefficient (Wildman–Crippen LogP) is 5.64. The average molecular weight is 475 g/mol. The minimum atomic E-state index is -1.11. The number of carbonyl (C=O) groups excluding carboxylic acids is 2. The highest BCUT2D eigenvalue weighted by molar-refractivity contribution is 8.01. The van der Waals surface area contributed by atoms with Gasteiger partial charge in [-0.25, -0.2) is 0 Å². The molecule has 1 unspecified atom stereocenters. The molecule has 3 aromatic rings. The lowest BCUT2D eigenvalue weighted by Gasteiger charge is -2.33. The Morgan fingerprint density at radius 1 is 1.10 bits per heavy atom. The van der Waals surface area contributed by atoms with Crippen molar-refractivity contribution in [3.05, 3.63) is 86.0 Å². The van der Waals surface area contributed by atoms with E-state index in [0.29, 0.717) is 33.8 Å². The first-order valence-electron chi connectivity index (χ1n) is 9.37. The fraction of sp³-hybridized carbons (Fsp3) is 0.182. The van der Waals surface area contributed by atoms with Gasteiger partial charge < -0.3 is 9.80 Å². The molecule has 0 saturated carbocycles. The zero-order valence-corrected chi connectivity index (χ0v) is 18.8. The summed E-state index contributed by atoms with van der Waals surface area (Å²) in [5.41, 5.74) is 2.38. The van der Waals surface area contributed by atoms with E-state index in [1.165, 1.54) is 23.1 Å². The smallest absolute Gasteiger partial charge is 0.268 e. The number of fused-ring (bicyclic) bond motifs is 2. The van der Waals surface area contributed by atoms with Crippen LogP contribution in [0.1, 0.15) is 20.8 Å². The van der Waals surface area contributed by atoms with Crippen LogP contribution in [-0.4, -0.2) is 29.0 Å². The summed E-state index contributed by atoms with van der Waals surface area (Å²) in [5, 5.41) is 3.01. The highest BCUT2D eigenvalue weighted by atomic mass is 35.5. The molecule has 5 rings (SSSR count). The first-order valence-corrected chi connectivity index (χ1v) is 12.0. The van der Waals surface area contributed by atoms with Crippen LogP contribution in [0.5, 0.6) is 0 Å². The van der Waals surface area contributed by atoms with Crippen LogP contribution in [0.15, 0.2) is 60.0 Å². The number of carbonyl (C=O) groups is 2. The van der Waals surface area contributed by atoms with Crippen molar-refractivity contribution in [3.63, 3.8) is 0 Å². The molecule has 0 aliphatic carbocycles. The Morgan fingerprint density at radius 2 is 1.93 bits per heavy atom. The molecule has 0 bridgehead atoms. The van der Waals surface area contributed by atoms with Crippen molar-refractivity contribution in [2.24, 2.45) is 0 Å². The summed E-state index contributed by atoms with van der Waals surface area (Å²) < 4.78 is 0. The van der Waals surface area contributed by atoms with E-state index in [0.717, 1.165) is 16.8 Å². The molecule has 1 aromatic heterocycles. The molecule has 1 fully saturated rings. The third-order valence-corrected chi connectivity index (χ3v) is 8.30. The van der Waals surface area contributed by atoms with Crippen molar-refractivity contribution >= 4 is 63.8 Å². The third kappa shape index (κ3) is 2.97. The van der Waals surface area contributed by atoms with Gasteiger partial charge in [-0.2, -0.15) is 0 Å². The lowest BCUT2D eigenvalue weighted by atomic mass is 10.1. The number of hydrogen-bond acceptors (Lipinski definition) is 4. The molecule has 8 heteroatoms. The zero-order valence-electron chi connectivity index (χ0n) is 15.7. The molecule has 2 aromatic carbocycles. The van der Waals surface area contributed by atoms with Crippen LogP contribution in [0.2, 0.25) is 10.0 Å². The van der Waals surface area contributed by atoms with E-state index in [9.17, 15) is 9.59 Å². The summed E-state index contributed by atoms with van der Waals surface area (Å²) in [4.78, 5) is 30.2. The summed E-state index contributed by atoms with van der Waals surface area (Å²) in [5.74, 6) is 0.412. The summed E-state index contributed by atoms with van der Waals surface area (Å²) >= 11 is 15.6. The van der Waals surface area contributed by atoms with E-state index in [-0.39, 0.29) is 11.8 Å². The average Bonchev–Trinajstić information content (AvgIpc) is 3.47. The van der Waals surface area contributed by atoms with Crippen LogP contribution in [0, 0.1) is 0 Å². The Labute approximate surface area is 192 Å². The summed E-state index contributed by atoms with van der Waals surface area (Å²) in [6.07, 6.45) is 0. The number of rotatable bonds is 3. The first kappa shape index (κ1) is 19.9. The Balaban J connectivity index is 1.62. The van der Waals surface area contributed by atoms with Crippen molar-refractivity contribution in [3.8, 4) is 0 Å². The Hall–Kier alpha value is -1.99. The van der Waals surface area contributed by atoms with Crippen molar-refractivity contribution in [2.45, 2.75) is 11.4 Å². The molecule has 30 heavy (non-hydrogen) atoms. The van der Waals surface area contributed by atoms with Gasteiger partial charge in [0.1, 0.15) is 0 Å². The summed E-state index contributed by atoms with van der Waals surface area (Å²) in [7, 11) is 0. The number of amides is 2. The molecule has 2 amide bonds. The SMILES string of the molecule is O=C(c1cccs1)N1CCSC12C(=O)N(Cc1ccccc1Cl)c1ccc(Cl)cc12. The van der Waals surface area contributed by atoms with Gasteiger partial charge in [-0.15, -0.1) is 23.1 Å². The number of thioether (sulfide) groups is 1. The molecule has 2 aliphatic heterocycles. The molecule has 3 heterocycles. The molecule has 4 nitrogen and oxygen atoms in total. The van der Waals surface area contributed by atoms with Gasteiger partial charge in [0.15, 0.2) is 4.87 Å². The maximum atomic E-state index is 13.9. The lowest BCUT2D eigenvalue weighted by Crippen LogP contribution is -2.50. The van der Waals surface area contributed by atoms with E-state index in [1.54, 1.807) is 21.9 Å². The molecule has 1 spiro atoms. The fourth-order valence-corrected chi connectivity index (χ4v) is 6.57. The normalized spacial score (nSPS) is 20.3. The molecular formula is C22H16Cl2N2O2S2. The van der Waals surface area contributed by atoms with Gasteiger partial charge in [0.25, 0.3) is 11.8 Å². The predicted molar refractivity (Wildman–Crippen MR) is 124 cm³/mol. The quantitative estimate of drug-likeness (QED) is 0.492. The van der Waals surface area contributed by atoms with Crippen LogP contribution in [0.4, 0.5) is 5.69 Å². The van der Waals surface area contributed by atoms with Crippen molar-refractivity contribution in [1.29, 1.82) is 0 Å². The molecule has 0 radical (unpaired) electrons. The van der Waals surface area contributed by atoms with E-state index in [4.69, 9.17) is 23.2 Å². The minimum Gasteiger partial charge on any atom is -0.310 e. The number of anilines is 1. The van der Waals surface area contributed by atoms with Crippen LogP contribution in [-0.2, 0) is 16.2 Å². The van der Waals surface area contributed by atoms with Crippen LogP contribution in [0.25, 0.3) is 0 Å². The largest absolute Gasteiger partial charge is 0.310 e. The number of nitrogens with zero attached hydrogens (tertiary/aromatic N) is 2. The second kappa shape index (κ2) is 7.61. The topological polar surface area (TPSA) is 40.6 Å². The number of benzene rings is 2. The van der Waals surface area contributed by atoms with Crippen molar-refractivity contribution in [1.82, 2.24) is 4.90 Å². The standard InChI is InChI=1S/C22H16Cl2N2O2S2/c23-15-7-8-18-16(12-15)22(21(28)25(18)13-14-4-1-2-5-17(14)24)26(9-11-30-22)20(27)19-6-3-10-29-19/h1-8,10,12H,9,11,13H2. The molecular weight excluding hydrogens is 459 g/mol. The molecule has 152 valence electrons. The second-order valence-electron chi connectivity index (χ2n) is 7.07. The van der Waals surface area contributed by atoms with Gasteiger partial charge in [0, 0.05) is 27.9 Å².